The number of benzene rings is 2. The van der Waals surface area contributed by atoms with Gasteiger partial charge < -0.3 is 5.32 Å². The lowest BCUT2D eigenvalue weighted by molar-refractivity contribution is -0.120. The number of amides is 1. The third-order valence-electron chi connectivity index (χ3n) is 3.93. The van der Waals surface area contributed by atoms with Crippen LogP contribution in [0.3, 0.4) is 0 Å². The van der Waals surface area contributed by atoms with Gasteiger partial charge in [-0.15, -0.1) is 11.3 Å². The van der Waals surface area contributed by atoms with Crippen LogP contribution in [-0.4, -0.2) is 26.4 Å². The first-order chi connectivity index (χ1) is 13.4. The highest BCUT2D eigenvalue weighted by Crippen LogP contribution is 2.26. The monoisotopic (exact) mass is 479 g/mol. The van der Waals surface area contributed by atoms with Crippen molar-refractivity contribution in [1.82, 2.24) is 15.0 Å². The molecule has 2 N–H and O–H groups in total. The third-order valence-corrected chi connectivity index (χ3v) is 6.78. The first-order valence-electron chi connectivity index (χ1n) is 8.37. The summed E-state index contributed by atoms with van der Waals surface area (Å²) in [7, 11) is -2.15. The van der Waals surface area contributed by atoms with E-state index in [2.05, 4.69) is 31.0 Å². The quantitative estimate of drug-likeness (QED) is 0.543. The second-order valence-corrected chi connectivity index (χ2v) is 9.62. The number of thiazole rings is 1. The molecule has 2 aromatic carbocycles. The van der Waals surface area contributed by atoms with E-state index in [1.807, 2.05) is 29.6 Å². The summed E-state index contributed by atoms with van der Waals surface area (Å²) in [5, 5.41) is 5.53. The summed E-state index contributed by atoms with van der Waals surface area (Å²) >= 11 is 4.93. The second-order valence-electron chi connectivity index (χ2n) is 5.96. The molecule has 3 aromatic rings. The van der Waals surface area contributed by atoms with Crippen LogP contribution in [0.15, 0.2) is 63.3 Å². The Bertz CT molecular complexity index is 1100. The molecule has 0 bridgehead atoms. The fourth-order valence-corrected chi connectivity index (χ4v) is 4.53. The van der Waals surface area contributed by atoms with Crippen molar-refractivity contribution in [2.24, 2.45) is 0 Å². The third kappa shape index (κ3) is 5.26. The Hall–Kier alpha value is -2.07. The maximum absolute atomic E-state index is 12.2. The fourth-order valence-electron chi connectivity index (χ4n) is 2.51. The SMILES string of the molecule is CNS(=O)(=O)c1cccc(CNC(=O)Cc2csc(-c3cccc(Br)c3)n2)c1. The van der Waals surface area contributed by atoms with Gasteiger partial charge in [-0.3, -0.25) is 4.79 Å². The Kier molecular flexibility index (Phi) is 6.61. The molecule has 0 aliphatic carbocycles. The summed E-state index contributed by atoms with van der Waals surface area (Å²) < 4.78 is 27.0. The predicted molar refractivity (Wildman–Crippen MR) is 113 cm³/mol. The zero-order valence-corrected chi connectivity index (χ0v) is 18.2. The van der Waals surface area contributed by atoms with E-state index in [4.69, 9.17) is 0 Å². The molecule has 146 valence electrons. The molecule has 0 fully saturated rings. The molecule has 0 radical (unpaired) electrons. The van der Waals surface area contributed by atoms with Crippen LogP contribution < -0.4 is 10.0 Å². The molecule has 1 heterocycles. The van der Waals surface area contributed by atoms with Gasteiger partial charge in [0.05, 0.1) is 17.0 Å². The van der Waals surface area contributed by atoms with Crippen molar-refractivity contribution >= 4 is 43.2 Å². The van der Waals surface area contributed by atoms with Crippen LogP contribution in [0.2, 0.25) is 0 Å². The Balaban J connectivity index is 1.60. The average Bonchev–Trinajstić information content (AvgIpc) is 3.15. The van der Waals surface area contributed by atoms with E-state index >= 15 is 0 Å². The number of carbonyl (C=O) groups excluding carboxylic acids is 1. The van der Waals surface area contributed by atoms with E-state index in [0.717, 1.165) is 15.0 Å². The smallest absolute Gasteiger partial charge is 0.240 e. The highest BCUT2D eigenvalue weighted by Gasteiger charge is 2.12. The van der Waals surface area contributed by atoms with Gasteiger partial charge in [-0.05, 0) is 36.9 Å². The number of nitrogens with zero attached hydrogens (tertiary/aromatic N) is 1. The second kappa shape index (κ2) is 8.95. The number of hydrogen-bond donors (Lipinski definition) is 2. The van der Waals surface area contributed by atoms with Gasteiger partial charge in [0.2, 0.25) is 15.9 Å². The normalized spacial score (nSPS) is 11.4. The van der Waals surface area contributed by atoms with Crippen molar-refractivity contribution in [3.8, 4) is 10.6 Å². The van der Waals surface area contributed by atoms with Gasteiger partial charge in [0.25, 0.3) is 0 Å². The molecular weight excluding hydrogens is 462 g/mol. The number of hydrogen-bond acceptors (Lipinski definition) is 5. The van der Waals surface area contributed by atoms with E-state index in [0.29, 0.717) is 11.3 Å². The summed E-state index contributed by atoms with van der Waals surface area (Å²) in [5.74, 6) is -0.173. The van der Waals surface area contributed by atoms with E-state index in [-0.39, 0.29) is 23.8 Å². The number of halogens is 1. The fraction of sp³-hybridized carbons (Fsp3) is 0.158. The zero-order valence-electron chi connectivity index (χ0n) is 15.0. The molecule has 0 aliphatic rings. The summed E-state index contributed by atoms with van der Waals surface area (Å²) in [6, 6.07) is 14.3. The van der Waals surface area contributed by atoms with Gasteiger partial charge in [0.15, 0.2) is 0 Å². The van der Waals surface area contributed by atoms with Gasteiger partial charge in [0.1, 0.15) is 5.01 Å². The van der Waals surface area contributed by atoms with Crippen molar-refractivity contribution in [3.63, 3.8) is 0 Å². The number of aromatic nitrogens is 1. The van der Waals surface area contributed by atoms with E-state index in [1.54, 1.807) is 18.2 Å². The highest BCUT2D eigenvalue weighted by atomic mass is 79.9. The summed E-state index contributed by atoms with van der Waals surface area (Å²) in [6.45, 7) is 0.245. The van der Waals surface area contributed by atoms with Gasteiger partial charge in [-0.1, -0.05) is 40.2 Å². The van der Waals surface area contributed by atoms with Crippen LogP contribution in [0.5, 0.6) is 0 Å². The number of rotatable bonds is 7. The maximum atomic E-state index is 12.2. The molecular formula is C19H18BrN3O3S2. The van der Waals surface area contributed by atoms with Crippen LogP contribution in [0.25, 0.3) is 10.6 Å². The minimum atomic E-state index is -3.51. The molecule has 9 heteroatoms. The lowest BCUT2D eigenvalue weighted by Gasteiger charge is -2.07. The van der Waals surface area contributed by atoms with E-state index in [1.165, 1.54) is 24.5 Å². The topological polar surface area (TPSA) is 88.2 Å². The molecule has 0 spiro atoms. The molecule has 1 amide bonds. The minimum Gasteiger partial charge on any atom is -0.352 e. The first-order valence-corrected chi connectivity index (χ1v) is 11.5. The van der Waals surface area contributed by atoms with Gasteiger partial charge in [0, 0.05) is 22.0 Å². The summed E-state index contributed by atoms with van der Waals surface area (Å²) in [4.78, 5) is 16.9. The molecule has 0 atom stereocenters. The molecule has 0 saturated heterocycles. The Morgan fingerprint density at radius 1 is 1.18 bits per heavy atom. The zero-order chi connectivity index (χ0) is 20.1. The number of nitrogens with one attached hydrogen (secondary N) is 2. The van der Waals surface area contributed by atoms with Crippen LogP contribution >= 0.6 is 27.3 Å². The molecule has 0 unspecified atom stereocenters. The van der Waals surface area contributed by atoms with Gasteiger partial charge in [-0.2, -0.15) is 0 Å². The molecule has 3 rings (SSSR count). The van der Waals surface area contributed by atoms with Crippen molar-refractivity contribution in [2.45, 2.75) is 17.9 Å². The Labute approximate surface area is 176 Å². The van der Waals surface area contributed by atoms with Crippen LogP contribution in [-0.2, 0) is 27.8 Å². The molecule has 0 aliphatic heterocycles. The number of sulfonamides is 1. The summed E-state index contributed by atoms with van der Waals surface area (Å²) in [6.07, 6.45) is 0.166. The average molecular weight is 480 g/mol. The van der Waals surface area contributed by atoms with Crippen LogP contribution in [0.1, 0.15) is 11.3 Å². The van der Waals surface area contributed by atoms with Crippen LogP contribution in [0, 0.1) is 0 Å². The molecule has 28 heavy (non-hydrogen) atoms. The van der Waals surface area contributed by atoms with E-state index in [9.17, 15) is 13.2 Å². The van der Waals surface area contributed by atoms with Crippen molar-refractivity contribution < 1.29 is 13.2 Å². The standard InChI is InChI=1S/C19H18BrN3O3S2/c1-21-28(25,26)17-7-2-4-13(8-17)11-22-18(24)10-16-12-27-19(23-16)14-5-3-6-15(20)9-14/h2-9,12,21H,10-11H2,1H3,(H,22,24). The highest BCUT2D eigenvalue weighted by molar-refractivity contribution is 9.10. The van der Waals surface area contributed by atoms with Gasteiger partial charge in [-0.25, -0.2) is 18.1 Å². The maximum Gasteiger partial charge on any atom is 0.240 e. The van der Waals surface area contributed by atoms with Crippen LogP contribution in [0.4, 0.5) is 0 Å². The number of carbonyl (C=O) groups is 1. The predicted octanol–water partition coefficient (Wildman–Crippen LogP) is 3.34. The largest absolute Gasteiger partial charge is 0.352 e. The van der Waals surface area contributed by atoms with Crippen molar-refractivity contribution in [3.05, 3.63) is 69.6 Å². The lowest BCUT2D eigenvalue weighted by Crippen LogP contribution is -2.25. The van der Waals surface area contributed by atoms with Crippen molar-refractivity contribution in [1.29, 1.82) is 0 Å². The molecule has 0 saturated carbocycles. The van der Waals surface area contributed by atoms with Crippen molar-refractivity contribution in [2.75, 3.05) is 7.05 Å². The Morgan fingerprint density at radius 2 is 1.96 bits per heavy atom. The molecule has 1 aromatic heterocycles. The van der Waals surface area contributed by atoms with E-state index < -0.39 is 10.0 Å². The Morgan fingerprint density at radius 3 is 2.71 bits per heavy atom. The first kappa shape index (κ1) is 20.7. The lowest BCUT2D eigenvalue weighted by atomic mass is 10.2. The minimum absolute atomic E-state index is 0.166. The molecule has 6 nitrogen and oxygen atoms in total. The van der Waals surface area contributed by atoms with Gasteiger partial charge >= 0.3 is 0 Å². The summed E-state index contributed by atoms with van der Waals surface area (Å²) in [5.41, 5.74) is 2.40.